The molecule has 704 valence electrons. The number of hydrogen-bond acceptors (Lipinski definition) is 3. The topological polar surface area (TPSA) is 34.4 Å². The molecule has 0 aliphatic rings. The van der Waals surface area contributed by atoms with E-state index in [0.717, 1.165) is 78.6 Å². The molecule has 0 N–H and O–H groups in total. The fraction of sp³-hybridized carbons (Fsp3) is 0. The Morgan fingerprint density at radius 3 is 0.567 bits per heavy atom. The van der Waals surface area contributed by atoms with E-state index in [2.05, 4.69) is 600 Å². The average Bonchev–Trinajstić information content (AvgIpc) is 1.58. The van der Waals surface area contributed by atoms with Gasteiger partial charge >= 0.3 is 0 Å². The molecule has 0 bridgehead atoms. The van der Waals surface area contributed by atoms with E-state index in [1.165, 1.54) is 182 Å². The molecule has 4 aromatic heterocycles. The van der Waals surface area contributed by atoms with Crippen LogP contribution in [-0.2, 0) is 0 Å². The molecular formula is C144H97N5O. The number of benzene rings is 24. The summed E-state index contributed by atoms with van der Waals surface area (Å²) in [6.07, 6.45) is 0. The number of fused-ring (bicyclic) bond motifs is 12. The first kappa shape index (κ1) is 89.0. The minimum absolute atomic E-state index is 0.912. The molecule has 0 atom stereocenters. The van der Waals surface area contributed by atoms with Gasteiger partial charge in [-0.3, -0.25) is 0 Å². The van der Waals surface area contributed by atoms with Crippen molar-refractivity contribution >= 4 is 121 Å². The van der Waals surface area contributed by atoms with Crippen LogP contribution in [0.15, 0.2) is 593 Å². The molecule has 0 radical (unpaired) electrons. The number of furan rings is 1. The Labute approximate surface area is 871 Å². The quantitative estimate of drug-likeness (QED) is 0.0763. The first-order valence-electron chi connectivity index (χ1n) is 51.4. The summed E-state index contributed by atoms with van der Waals surface area (Å²) in [6.45, 7) is 0. The zero-order valence-electron chi connectivity index (χ0n) is 82.1. The number of anilines is 6. The largest absolute Gasteiger partial charge is 0.456 e. The molecular weight excluding hydrogens is 1820 g/mol. The van der Waals surface area contributed by atoms with E-state index in [0.29, 0.717) is 0 Å². The second kappa shape index (κ2) is 38.6. The minimum Gasteiger partial charge on any atom is -0.456 e. The lowest BCUT2D eigenvalue weighted by Crippen LogP contribution is -2.09. The monoisotopic (exact) mass is 1910 g/mol. The lowest BCUT2D eigenvalue weighted by Gasteiger charge is -2.26. The number of aromatic nitrogens is 3. The van der Waals surface area contributed by atoms with Gasteiger partial charge in [0.1, 0.15) is 11.2 Å². The normalized spacial score (nSPS) is 11.5. The van der Waals surface area contributed by atoms with Crippen molar-refractivity contribution in [3.05, 3.63) is 588 Å². The molecule has 0 amide bonds. The van der Waals surface area contributed by atoms with Crippen LogP contribution in [0.3, 0.4) is 0 Å². The summed E-state index contributed by atoms with van der Waals surface area (Å²) in [4.78, 5) is 4.69. The molecule has 24 aromatic carbocycles. The molecule has 28 aromatic rings. The van der Waals surface area contributed by atoms with Crippen molar-refractivity contribution in [2.24, 2.45) is 0 Å². The molecule has 28 rings (SSSR count). The van der Waals surface area contributed by atoms with Crippen molar-refractivity contribution in [3.8, 4) is 139 Å². The third-order valence-electron chi connectivity index (χ3n) is 29.8. The molecule has 0 aliphatic carbocycles. The molecule has 150 heavy (non-hydrogen) atoms. The van der Waals surface area contributed by atoms with Gasteiger partial charge in [0.2, 0.25) is 0 Å². The summed E-state index contributed by atoms with van der Waals surface area (Å²) in [5.41, 5.74) is 45.1. The van der Waals surface area contributed by atoms with Crippen LogP contribution in [0.25, 0.3) is 227 Å². The second-order valence-electron chi connectivity index (χ2n) is 38.6. The second-order valence-corrected chi connectivity index (χ2v) is 38.6. The molecule has 0 fully saturated rings. The van der Waals surface area contributed by atoms with Crippen molar-refractivity contribution in [1.29, 1.82) is 0 Å². The van der Waals surface area contributed by atoms with Crippen LogP contribution >= 0.6 is 0 Å². The van der Waals surface area contributed by atoms with E-state index < -0.39 is 0 Å². The van der Waals surface area contributed by atoms with Gasteiger partial charge in [-0.15, -0.1) is 0 Å². The predicted octanol–water partition coefficient (Wildman–Crippen LogP) is 39.8. The van der Waals surface area contributed by atoms with Gasteiger partial charge in [0.15, 0.2) is 0 Å². The summed E-state index contributed by atoms with van der Waals surface area (Å²) in [7, 11) is 0. The highest BCUT2D eigenvalue weighted by atomic mass is 16.3. The van der Waals surface area contributed by atoms with Crippen LogP contribution in [0.5, 0.6) is 0 Å². The van der Waals surface area contributed by atoms with Crippen LogP contribution in [0.2, 0.25) is 0 Å². The smallest absolute Gasteiger partial charge is 0.135 e. The van der Waals surface area contributed by atoms with Gasteiger partial charge < -0.3 is 27.9 Å². The maximum Gasteiger partial charge on any atom is 0.135 e. The molecule has 4 heterocycles. The van der Waals surface area contributed by atoms with Crippen molar-refractivity contribution < 1.29 is 4.42 Å². The van der Waals surface area contributed by atoms with E-state index in [-0.39, 0.29) is 0 Å². The van der Waals surface area contributed by atoms with Crippen LogP contribution in [-0.4, -0.2) is 13.7 Å². The van der Waals surface area contributed by atoms with E-state index in [9.17, 15) is 0 Å². The number of nitrogens with zero attached hydrogens (tertiary/aromatic N) is 5. The first-order valence-corrected chi connectivity index (χ1v) is 51.4. The highest BCUT2D eigenvalue weighted by Gasteiger charge is 2.23. The standard InChI is InChI=1S/C78H52N2O.C66H45N3/c1-3-11-53(12-4-1)55-19-23-57(24-20-55)59-31-41-67(42-32-59)79(68-43-33-60(34-44-68)58-25-21-56(22-26-58)54-13-5-2-6-14-54)69-45-35-61(36-46-69)62-37-47-70(48-38-62)80-75-17-9-7-15-71(75)73-51-65(39-49-76(73)80)63-27-29-64(30-28-63)66-40-50-78-74(52-66)72-16-8-10-18-77(72)81-78;1-4-14-46(15-5-1)48-24-34-55(35-25-48)67(56-36-26-49(27-37-56)47-16-6-2-7-17-47)57-38-28-50(29-39-57)51-30-40-58(41-31-51)69-64-23-13-11-21-60(64)62-45-53(33-43-66(62)69)52-32-42-65-61(44-52)59-20-10-12-22-63(59)68(65)54-18-8-3-9-19-54/h1-52H;1-45H. The lowest BCUT2D eigenvalue weighted by molar-refractivity contribution is 0.669. The highest BCUT2D eigenvalue weighted by molar-refractivity contribution is 6.14. The Morgan fingerprint density at radius 2 is 0.287 bits per heavy atom. The number of hydrogen-bond donors (Lipinski definition) is 0. The Bertz CT molecular complexity index is 9590. The summed E-state index contributed by atoms with van der Waals surface area (Å²) >= 11 is 0. The SMILES string of the molecule is c1ccc(-c2ccc(-c3ccc(N(c4ccc(-c5ccc(-c6ccccc6)cc5)cc4)c4ccc(-c5ccc(-n6c7ccccc7c7cc(-c8ccc(-c9ccc%10oc%11ccccc%11c%10c9)cc8)ccc76)cc5)cc4)cc3)cc2)cc1.c1ccc(-c2ccc(N(c3ccc(-c4ccccc4)cc3)c3ccc(-c4ccc(-n5c6ccccc6c6cc(-c7ccc8c(c7)c7ccccc7n8-c7ccccc7)ccc65)cc4)cc3)cc2)cc1. The van der Waals surface area contributed by atoms with Crippen molar-refractivity contribution in [2.75, 3.05) is 9.80 Å². The summed E-state index contributed by atoms with van der Waals surface area (Å²) in [6, 6.07) is 213. The van der Waals surface area contributed by atoms with Crippen LogP contribution in [0, 0.1) is 0 Å². The van der Waals surface area contributed by atoms with E-state index in [4.69, 9.17) is 4.42 Å². The summed E-state index contributed by atoms with van der Waals surface area (Å²) in [5.74, 6) is 0. The van der Waals surface area contributed by atoms with E-state index >= 15 is 0 Å². The molecule has 6 heteroatoms. The fourth-order valence-electron chi connectivity index (χ4n) is 22.2. The zero-order valence-corrected chi connectivity index (χ0v) is 82.1. The lowest BCUT2D eigenvalue weighted by atomic mass is 9.98. The summed E-state index contributed by atoms with van der Waals surface area (Å²) < 4.78 is 13.3. The van der Waals surface area contributed by atoms with E-state index in [1.54, 1.807) is 0 Å². The maximum atomic E-state index is 6.11. The zero-order chi connectivity index (χ0) is 99.3. The minimum atomic E-state index is 0.912. The van der Waals surface area contributed by atoms with Gasteiger partial charge in [-0.25, -0.2) is 0 Å². The van der Waals surface area contributed by atoms with Crippen molar-refractivity contribution in [3.63, 3.8) is 0 Å². The molecule has 0 spiro atoms. The number of rotatable bonds is 20. The first-order chi connectivity index (χ1) is 74.3. The van der Waals surface area contributed by atoms with Crippen LogP contribution in [0.1, 0.15) is 0 Å². The summed E-state index contributed by atoms with van der Waals surface area (Å²) in [5, 5.41) is 9.73. The molecule has 6 nitrogen and oxygen atoms in total. The van der Waals surface area contributed by atoms with Gasteiger partial charge in [-0.05, 0) is 304 Å². The Morgan fingerprint density at radius 1 is 0.113 bits per heavy atom. The van der Waals surface area contributed by atoms with Gasteiger partial charge in [-0.1, -0.05) is 406 Å². The van der Waals surface area contributed by atoms with Gasteiger partial charge in [-0.2, -0.15) is 0 Å². The maximum absolute atomic E-state index is 6.11. The Hall–Kier alpha value is -19.9. The van der Waals surface area contributed by atoms with Gasteiger partial charge in [0.25, 0.3) is 0 Å². The average molecular weight is 1910 g/mol. The molecule has 0 aliphatic heterocycles. The fourth-order valence-corrected chi connectivity index (χ4v) is 22.2. The van der Waals surface area contributed by atoms with Crippen molar-refractivity contribution in [1.82, 2.24) is 13.7 Å². The Balaban J connectivity index is 0.000000149. The molecule has 0 unspecified atom stereocenters. The predicted molar refractivity (Wildman–Crippen MR) is 632 cm³/mol. The number of para-hydroxylation sites is 5. The van der Waals surface area contributed by atoms with E-state index in [1.807, 2.05) is 12.1 Å². The van der Waals surface area contributed by atoms with Crippen LogP contribution in [0.4, 0.5) is 34.1 Å². The highest BCUT2D eigenvalue weighted by Crippen LogP contribution is 2.47. The van der Waals surface area contributed by atoms with Gasteiger partial charge in [0.05, 0.1) is 33.1 Å². The van der Waals surface area contributed by atoms with Crippen molar-refractivity contribution in [2.45, 2.75) is 0 Å². The Kier molecular flexibility index (Phi) is 22.9. The molecule has 0 saturated heterocycles. The molecule has 0 saturated carbocycles. The van der Waals surface area contributed by atoms with Crippen LogP contribution < -0.4 is 9.80 Å². The van der Waals surface area contributed by atoms with Gasteiger partial charge in [0, 0.05) is 94.3 Å². The third kappa shape index (κ3) is 16.9. The third-order valence-corrected chi connectivity index (χ3v) is 29.8.